The largest absolute Gasteiger partial charge is 0.351 e. The molecule has 1 fully saturated rings. The summed E-state index contributed by atoms with van der Waals surface area (Å²) in [6, 6.07) is 10.1. The van der Waals surface area contributed by atoms with Crippen LogP contribution in [0.3, 0.4) is 0 Å². The van der Waals surface area contributed by atoms with Gasteiger partial charge in [0.2, 0.25) is 5.91 Å². The Morgan fingerprint density at radius 3 is 2.69 bits per heavy atom. The van der Waals surface area contributed by atoms with E-state index in [9.17, 15) is 9.59 Å². The highest BCUT2D eigenvalue weighted by Gasteiger charge is 2.25. The zero-order chi connectivity index (χ0) is 20.8. The number of benzene rings is 1. The van der Waals surface area contributed by atoms with Gasteiger partial charge >= 0.3 is 6.03 Å². The van der Waals surface area contributed by atoms with Crippen molar-refractivity contribution in [1.29, 1.82) is 0 Å². The molecule has 3 N–H and O–H groups in total. The SMILES string of the molecule is CNC(=O)N[C@@H]1CCN(CC(=O)NCc2c(C)nn(Cc3ccccc3)c2C)C1. The molecule has 3 amide bonds. The summed E-state index contributed by atoms with van der Waals surface area (Å²) in [4.78, 5) is 25.9. The van der Waals surface area contributed by atoms with E-state index >= 15 is 0 Å². The van der Waals surface area contributed by atoms with Crippen molar-refractivity contribution in [1.82, 2.24) is 30.6 Å². The molecule has 1 atom stereocenters. The minimum atomic E-state index is -0.181. The molecule has 0 spiro atoms. The predicted molar refractivity (Wildman–Crippen MR) is 112 cm³/mol. The van der Waals surface area contributed by atoms with Crippen LogP contribution in [0.25, 0.3) is 0 Å². The highest BCUT2D eigenvalue weighted by Crippen LogP contribution is 2.15. The number of urea groups is 1. The molecule has 1 aromatic heterocycles. The van der Waals surface area contributed by atoms with Crippen LogP contribution in [0.2, 0.25) is 0 Å². The molecule has 0 bridgehead atoms. The molecule has 1 saturated heterocycles. The Morgan fingerprint density at radius 1 is 1.21 bits per heavy atom. The van der Waals surface area contributed by atoms with E-state index in [1.807, 2.05) is 36.7 Å². The van der Waals surface area contributed by atoms with Crippen LogP contribution in [0.4, 0.5) is 4.79 Å². The van der Waals surface area contributed by atoms with Crippen molar-refractivity contribution >= 4 is 11.9 Å². The summed E-state index contributed by atoms with van der Waals surface area (Å²) in [5.41, 5.74) is 4.27. The summed E-state index contributed by atoms with van der Waals surface area (Å²) in [5.74, 6) is -0.0137. The first-order valence-electron chi connectivity index (χ1n) is 10.0. The minimum Gasteiger partial charge on any atom is -0.351 e. The standard InChI is InChI=1S/C21H30N6O2/c1-15-19(16(2)27(25-15)12-17-7-5-4-6-8-17)11-23-20(28)14-26-10-9-18(13-26)24-21(29)22-3/h4-8,18H,9-14H2,1-3H3,(H,23,28)(H2,22,24,29)/t18-/m1/s1. The molecule has 1 aromatic carbocycles. The van der Waals surface area contributed by atoms with Crippen molar-refractivity contribution in [2.75, 3.05) is 26.7 Å². The normalized spacial score (nSPS) is 16.6. The molecule has 3 rings (SSSR count). The second-order valence-corrected chi connectivity index (χ2v) is 7.51. The molecular formula is C21H30N6O2. The Morgan fingerprint density at radius 2 is 1.97 bits per heavy atom. The summed E-state index contributed by atoms with van der Waals surface area (Å²) >= 11 is 0. The number of carbonyl (C=O) groups excluding carboxylic acids is 2. The number of nitrogens with one attached hydrogen (secondary N) is 3. The van der Waals surface area contributed by atoms with E-state index in [2.05, 4.69) is 38.1 Å². The van der Waals surface area contributed by atoms with E-state index in [-0.39, 0.29) is 18.0 Å². The summed E-state index contributed by atoms with van der Waals surface area (Å²) in [6.07, 6.45) is 0.852. The van der Waals surface area contributed by atoms with E-state index in [0.29, 0.717) is 19.6 Å². The second-order valence-electron chi connectivity index (χ2n) is 7.51. The number of aromatic nitrogens is 2. The Bertz CT molecular complexity index is 848. The molecule has 0 aliphatic carbocycles. The van der Waals surface area contributed by atoms with E-state index in [1.165, 1.54) is 5.56 Å². The predicted octanol–water partition coefficient (Wildman–Crippen LogP) is 1.17. The van der Waals surface area contributed by atoms with E-state index in [1.54, 1.807) is 7.05 Å². The van der Waals surface area contributed by atoms with Crippen LogP contribution in [-0.4, -0.2) is 59.3 Å². The topological polar surface area (TPSA) is 91.3 Å². The van der Waals surface area contributed by atoms with Gasteiger partial charge in [0.25, 0.3) is 0 Å². The van der Waals surface area contributed by atoms with Crippen molar-refractivity contribution < 1.29 is 9.59 Å². The van der Waals surface area contributed by atoms with Crippen molar-refractivity contribution in [3.05, 3.63) is 52.8 Å². The lowest BCUT2D eigenvalue weighted by atomic mass is 10.2. The Kier molecular flexibility index (Phi) is 6.87. The first-order chi connectivity index (χ1) is 14.0. The summed E-state index contributed by atoms with van der Waals surface area (Å²) in [6.45, 7) is 7.03. The Balaban J connectivity index is 1.50. The fraction of sp³-hybridized carbons (Fsp3) is 0.476. The fourth-order valence-electron chi connectivity index (χ4n) is 3.70. The van der Waals surface area contributed by atoms with Crippen molar-refractivity contribution in [2.24, 2.45) is 0 Å². The summed E-state index contributed by atoms with van der Waals surface area (Å²) < 4.78 is 1.99. The van der Waals surface area contributed by atoms with Crippen molar-refractivity contribution in [3.63, 3.8) is 0 Å². The van der Waals surface area contributed by atoms with Crippen LogP contribution < -0.4 is 16.0 Å². The maximum Gasteiger partial charge on any atom is 0.314 e. The molecule has 1 aliphatic rings. The molecule has 0 radical (unpaired) electrons. The number of likely N-dealkylation sites (tertiary alicyclic amines) is 1. The molecule has 0 saturated carbocycles. The third kappa shape index (κ3) is 5.57. The van der Waals surface area contributed by atoms with Crippen molar-refractivity contribution in [2.45, 2.75) is 39.4 Å². The molecule has 8 nitrogen and oxygen atoms in total. The van der Waals surface area contributed by atoms with Gasteiger partial charge < -0.3 is 16.0 Å². The first kappa shape index (κ1) is 20.9. The molecule has 8 heteroatoms. The van der Waals surface area contributed by atoms with Crippen LogP contribution in [0.1, 0.15) is 28.9 Å². The van der Waals surface area contributed by atoms with Crippen LogP contribution in [-0.2, 0) is 17.9 Å². The van der Waals surface area contributed by atoms with Crippen LogP contribution in [0, 0.1) is 13.8 Å². The molecule has 156 valence electrons. The molecule has 1 aliphatic heterocycles. The van der Waals surface area contributed by atoms with Crippen LogP contribution >= 0.6 is 0 Å². The maximum absolute atomic E-state index is 12.4. The number of aryl methyl sites for hydroxylation is 1. The quantitative estimate of drug-likeness (QED) is 0.653. The second kappa shape index (κ2) is 9.56. The maximum atomic E-state index is 12.4. The molecule has 2 aromatic rings. The number of rotatable bonds is 7. The highest BCUT2D eigenvalue weighted by molar-refractivity contribution is 5.78. The highest BCUT2D eigenvalue weighted by atomic mass is 16.2. The summed E-state index contributed by atoms with van der Waals surface area (Å²) in [5, 5.41) is 13.1. The average molecular weight is 399 g/mol. The third-order valence-corrected chi connectivity index (χ3v) is 5.37. The Labute approximate surface area is 171 Å². The number of carbonyl (C=O) groups is 2. The summed E-state index contributed by atoms with van der Waals surface area (Å²) in [7, 11) is 1.60. The Hall–Kier alpha value is -2.87. The van der Waals surface area contributed by atoms with E-state index < -0.39 is 0 Å². The molecular weight excluding hydrogens is 368 g/mol. The van der Waals surface area contributed by atoms with E-state index in [4.69, 9.17) is 0 Å². The van der Waals surface area contributed by atoms with Gasteiger partial charge in [-0.05, 0) is 25.8 Å². The van der Waals surface area contributed by atoms with Gasteiger partial charge in [0.1, 0.15) is 0 Å². The van der Waals surface area contributed by atoms with E-state index in [0.717, 1.165) is 36.5 Å². The molecule has 2 heterocycles. The van der Waals surface area contributed by atoms with Gasteiger partial charge in [-0.2, -0.15) is 5.10 Å². The van der Waals surface area contributed by atoms with Crippen LogP contribution in [0.5, 0.6) is 0 Å². The zero-order valence-corrected chi connectivity index (χ0v) is 17.4. The zero-order valence-electron chi connectivity index (χ0n) is 17.4. The number of amides is 3. The number of hydrogen-bond donors (Lipinski definition) is 3. The minimum absolute atomic E-state index is 0.0137. The lowest BCUT2D eigenvalue weighted by Crippen LogP contribution is -2.43. The lowest BCUT2D eigenvalue weighted by molar-refractivity contribution is -0.122. The molecule has 0 unspecified atom stereocenters. The van der Waals surface area contributed by atoms with Gasteiger partial charge in [-0.15, -0.1) is 0 Å². The van der Waals surface area contributed by atoms with Crippen LogP contribution in [0.15, 0.2) is 30.3 Å². The monoisotopic (exact) mass is 398 g/mol. The van der Waals surface area contributed by atoms with Gasteiger partial charge in [-0.25, -0.2) is 4.79 Å². The number of nitrogens with zero attached hydrogens (tertiary/aromatic N) is 3. The smallest absolute Gasteiger partial charge is 0.314 e. The van der Waals surface area contributed by atoms with Gasteiger partial charge in [0.15, 0.2) is 0 Å². The number of hydrogen-bond acceptors (Lipinski definition) is 4. The third-order valence-electron chi connectivity index (χ3n) is 5.37. The van der Waals surface area contributed by atoms with Gasteiger partial charge in [0.05, 0.1) is 18.8 Å². The van der Waals surface area contributed by atoms with Gasteiger partial charge in [0, 0.05) is 44.0 Å². The first-order valence-corrected chi connectivity index (χ1v) is 10.0. The van der Waals surface area contributed by atoms with Gasteiger partial charge in [-0.3, -0.25) is 14.4 Å². The molecule has 29 heavy (non-hydrogen) atoms. The fourth-order valence-corrected chi connectivity index (χ4v) is 3.70. The van der Waals surface area contributed by atoms with Crippen molar-refractivity contribution in [3.8, 4) is 0 Å². The van der Waals surface area contributed by atoms with Gasteiger partial charge in [-0.1, -0.05) is 30.3 Å². The lowest BCUT2D eigenvalue weighted by Gasteiger charge is -2.16. The average Bonchev–Trinajstić information content (AvgIpc) is 3.24.